The number of nitrogens with one attached hydrogen (secondary N) is 1. The molecule has 0 aromatic carbocycles. The molecule has 0 bridgehead atoms. The van der Waals surface area contributed by atoms with E-state index in [-0.39, 0.29) is 6.54 Å². The third-order valence-corrected chi connectivity index (χ3v) is 4.21. The van der Waals surface area contributed by atoms with Crippen LogP contribution >= 0.6 is 7.60 Å². The zero-order chi connectivity index (χ0) is 12.0. The number of hydrogen-bond donors (Lipinski definition) is 1. The molecule has 0 radical (unpaired) electrons. The van der Waals surface area contributed by atoms with Gasteiger partial charge < -0.3 is 13.5 Å². The molecule has 88 valence electrons. The number of rotatable bonds is 6. The van der Waals surface area contributed by atoms with Crippen LogP contribution < -0.4 is 5.32 Å². The molecule has 1 N–H and O–H groups in total. The van der Waals surface area contributed by atoms with Gasteiger partial charge in [-0.15, -0.1) is 6.42 Å². The van der Waals surface area contributed by atoms with Crippen molar-refractivity contribution in [2.24, 2.45) is 0 Å². The highest BCUT2D eigenvalue weighted by Gasteiger charge is 2.35. The van der Waals surface area contributed by atoms with Gasteiger partial charge >= 0.3 is 7.60 Å². The quantitative estimate of drug-likeness (QED) is 0.611. The average molecular weight is 243 g/mol. The maximum atomic E-state index is 12.2. The molecule has 16 heavy (non-hydrogen) atoms. The van der Waals surface area contributed by atoms with Crippen molar-refractivity contribution in [3.05, 3.63) is 24.2 Å². The molecular weight excluding hydrogens is 229 g/mol. The summed E-state index contributed by atoms with van der Waals surface area (Å²) < 4.78 is 27.0. The SMILES string of the molecule is C#CCNC(c1ccoc1)P(=O)(OC)OC. The molecule has 6 heteroatoms. The van der Waals surface area contributed by atoms with Gasteiger partial charge in [0, 0.05) is 19.8 Å². The monoisotopic (exact) mass is 243 g/mol. The molecule has 1 unspecified atom stereocenters. The fourth-order valence-corrected chi connectivity index (χ4v) is 2.68. The van der Waals surface area contributed by atoms with Crippen LogP contribution in [0, 0.1) is 12.3 Å². The van der Waals surface area contributed by atoms with E-state index in [0.29, 0.717) is 5.56 Å². The Balaban J connectivity index is 2.96. The van der Waals surface area contributed by atoms with Crippen LogP contribution in [0.2, 0.25) is 0 Å². The molecule has 1 aromatic rings. The molecule has 0 fully saturated rings. The predicted octanol–water partition coefficient (Wildman–Crippen LogP) is 1.99. The van der Waals surface area contributed by atoms with Crippen molar-refractivity contribution in [3.8, 4) is 12.3 Å². The van der Waals surface area contributed by atoms with Crippen LogP contribution in [0.15, 0.2) is 23.0 Å². The van der Waals surface area contributed by atoms with E-state index < -0.39 is 13.4 Å². The van der Waals surface area contributed by atoms with Crippen LogP contribution in [-0.4, -0.2) is 20.8 Å². The summed E-state index contributed by atoms with van der Waals surface area (Å²) in [5.74, 6) is 1.78. The first kappa shape index (κ1) is 13.0. The second-order valence-electron chi connectivity index (χ2n) is 2.95. The minimum Gasteiger partial charge on any atom is -0.472 e. The molecule has 0 aliphatic heterocycles. The molecule has 1 aromatic heterocycles. The summed E-state index contributed by atoms with van der Waals surface area (Å²) in [4.78, 5) is 0. The number of furan rings is 1. The Morgan fingerprint density at radius 2 is 2.31 bits per heavy atom. The van der Waals surface area contributed by atoms with Gasteiger partial charge in [-0.3, -0.25) is 9.88 Å². The van der Waals surface area contributed by atoms with Crippen molar-refractivity contribution < 1.29 is 18.0 Å². The van der Waals surface area contributed by atoms with Gasteiger partial charge in [0.2, 0.25) is 0 Å². The lowest BCUT2D eigenvalue weighted by Gasteiger charge is -2.23. The molecule has 0 saturated carbocycles. The summed E-state index contributed by atoms with van der Waals surface area (Å²) in [6.45, 7) is 0.257. The van der Waals surface area contributed by atoms with Crippen molar-refractivity contribution in [1.82, 2.24) is 5.32 Å². The summed E-state index contributed by atoms with van der Waals surface area (Å²) in [5.41, 5.74) is 0.669. The maximum absolute atomic E-state index is 12.2. The third-order valence-electron chi connectivity index (χ3n) is 2.08. The van der Waals surface area contributed by atoms with Crippen LogP contribution in [0.5, 0.6) is 0 Å². The second-order valence-corrected chi connectivity index (χ2v) is 5.28. The highest BCUT2D eigenvalue weighted by Crippen LogP contribution is 2.58. The van der Waals surface area contributed by atoms with Crippen molar-refractivity contribution in [2.75, 3.05) is 20.8 Å². The van der Waals surface area contributed by atoms with Crippen LogP contribution in [0.3, 0.4) is 0 Å². The Morgan fingerprint density at radius 1 is 1.62 bits per heavy atom. The largest absolute Gasteiger partial charge is 0.472 e. The summed E-state index contributed by atoms with van der Waals surface area (Å²) >= 11 is 0. The van der Waals surface area contributed by atoms with Gasteiger partial charge in [0.05, 0.1) is 19.1 Å². The van der Waals surface area contributed by atoms with Gasteiger partial charge in [-0.2, -0.15) is 0 Å². The highest BCUT2D eigenvalue weighted by atomic mass is 31.2. The Kier molecular flexibility index (Phi) is 4.78. The Hall–Kier alpha value is -1.05. The summed E-state index contributed by atoms with van der Waals surface area (Å²) in [5, 5.41) is 2.91. The molecule has 0 amide bonds. The molecule has 0 aliphatic rings. The smallest absolute Gasteiger partial charge is 0.351 e. The molecule has 5 nitrogen and oxygen atoms in total. The minimum atomic E-state index is -3.28. The fourth-order valence-electron chi connectivity index (χ4n) is 1.28. The third kappa shape index (κ3) is 2.75. The first-order valence-electron chi connectivity index (χ1n) is 4.58. The Labute approximate surface area is 94.7 Å². The van der Waals surface area contributed by atoms with Crippen molar-refractivity contribution in [1.29, 1.82) is 0 Å². The molecular formula is C10H14NO4P. The lowest BCUT2D eigenvalue weighted by Crippen LogP contribution is -2.22. The standard InChI is InChI=1S/C10H14NO4P/c1-4-6-11-10(9-5-7-15-8-9)16(12,13-2)14-3/h1,5,7-8,10-11H,6H2,2-3H3. The van der Waals surface area contributed by atoms with E-state index in [9.17, 15) is 4.57 Å². The molecule has 0 saturated heterocycles. The zero-order valence-corrected chi connectivity index (χ0v) is 10.1. The van der Waals surface area contributed by atoms with Crippen LogP contribution in [0.25, 0.3) is 0 Å². The van der Waals surface area contributed by atoms with Crippen LogP contribution in [0.1, 0.15) is 11.3 Å². The minimum absolute atomic E-state index is 0.257. The normalized spacial score (nSPS) is 13.3. The highest BCUT2D eigenvalue weighted by molar-refractivity contribution is 7.54. The number of hydrogen-bond acceptors (Lipinski definition) is 5. The first-order valence-corrected chi connectivity index (χ1v) is 6.19. The van der Waals surface area contributed by atoms with E-state index >= 15 is 0 Å². The van der Waals surface area contributed by atoms with E-state index in [1.807, 2.05) is 0 Å². The van der Waals surface area contributed by atoms with Crippen LogP contribution in [0.4, 0.5) is 0 Å². The van der Waals surface area contributed by atoms with Gasteiger partial charge in [0.1, 0.15) is 5.78 Å². The van der Waals surface area contributed by atoms with Crippen molar-refractivity contribution in [2.45, 2.75) is 5.78 Å². The van der Waals surface area contributed by atoms with E-state index in [2.05, 4.69) is 11.2 Å². The van der Waals surface area contributed by atoms with Gasteiger partial charge in [0.15, 0.2) is 0 Å². The van der Waals surface area contributed by atoms with E-state index in [1.165, 1.54) is 26.7 Å². The Morgan fingerprint density at radius 3 is 2.75 bits per heavy atom. The first-order chi connectivity index (χ1) is 7.68. The van der Waals surface area contributed by atoms with E-state index in [4.69, 9.17) is 19.9 Å². The van der Waals surface area contributed by atoms with E-state index in [0.717, 1.165) is 0 Å². The lowest BCUT2D eigenvalue weighted by molar-refractivity contribution is 0.260. The molecule has 1 atom stereocenters. The summed E-state index contributed by atoms with van der Waals surface area (Å²) in [6.07, 6.45) is 8.10. The molecule has 0 spiro atoms. The van der Waals surface area contributed by atoms with Gasteiger partial charge in [-0.25, -0.2) is 0 Å². The average Bonchev–Trinajstić information content (AvgIpc) is 2.82. The van der Waals surface area contributed by atoms with Crippen molar-refractivity contribution >= 4 is 7.60 Å². The zero-order valence-electron chi connectivity index (χ0n) is 9.17. The fraction of sp³-hybridized carbons (Fsp3) is 0.400. The Bertz CT molecular complexity index is 387. The summed E-state index contributed by atoms with van der Waals surface area (Å²) in [7, 11) is -0.620. The molecule has 0 aliphatic carbocycles. The summed E-state index contributed by atoms with van der Waals surface area (Å²) in [6, 6.07) is 1.68. The molecule has 1 rings (SSSR count). The van der Waals surface area contributed by atoms with Gasteiger partial charge in [-0.1, -0.05) is 5.92 Å². The van der Waals surface area contributed by atoms with E-state index in [1.54, 1.807) is 6.07 Å². The predicted molar refractivity (Wildman–Crippen MR) is 59.9 cm³/mol. The van der Waals surface area contributed by atoms with Crippen LogP contribution in [-0.2, 0) is 13.6 Å². The van der Waals surface area contributed by atoms with Gasteiger partial charge in [-0.05, 0) is 6.07 Å². The van der Waals surface area contributed by atoms with Crippen molar-refractivity contribution in [3.63, 3.8) is 0 Å². The number of terminal acetylenes is 1. The van der Waals surface area contributed by atoms with Gasteiger partial charge in [0.25, 0.3) is 0 Å². The lowest BCUT2D eigenvalue weighted by atomic mass is 10.3. The maximum Gasteiger partial charge on any atom is 0.351 e. The second kappa shape index (κ2) is 5.88. The molecule has 1 heterocycles. The topological polar surface area (TPSA) is 60.7 Å².